The zero-order valence-electron chi connectivity index (χ0n) is 13.9. The fourth-order valence-corrected chi connectivity index (χ4v) is 3.32. The van der Waals surface area contributed by atoms with E-state index in [0.29, 0.717) is 5.92 Å². The van der Waals surface area contributed by atoms with Gasteiger partial charge >= 0.3 is 0 Å². The minimum Gasteiger partial charge on any atom is -0.370 e. The zero-order valence-corrected chi connectivity index (χ0v) is 13.9. The van der Waals surface area contributed by atoms with E-state index in [1.807, 2.05) is 31.1 Å². The molecule has 3 aromatic heterocycles. The molecule has 1 fully saturated rings. The van der Waals surface area contributed by atoms with Crippen molar-refractivity contribution >= 4 is 16.9 Å². The first-order chi connectivity index (χ1) is 11.7. The Bertz CT molecular complexity index is 840. The number of nitrogens with zero attached hydrogens (tertiary/aromatic N) is 6. The number of imidazole rings is 1. The summed E-state index contributed by atoms with van der Waals surface area (Å²) in [5, 5.41) is 8.65. The SMILES string of the molecule is Cn1ccnc1[C@@H]1OCCC[C@H]1CNc1ncnc2c1cnn2C. The van der Waals surface area contributed by atoms with Gasteiger partial charge in [0.05, 0.1) is 11.6 Å². The monoisotopic (exact) mass is 327 g/mol. The third-order valence-electron chi connectivity index (χ3n) is 4.62. The van der Waals surface area contributed by atoms with Crippen molar-refractivity contribution in [2.45, 2.75) is 18.9 Å². The summed E-state index contributed by atoms with van der Waals surface area (Å²) in [7, 11) is 3.89. The van der Waals surface area contributed by atoms with E-state index in [0.717, 1.165) is 48.7 Å². The molecule has 0 aliphatic carbocycles. The average molecular weight is 327 g/mol. The molecule has 0 bridgehead atoms. The van der Waals surface area contributed by atoms with Crippen molar-refractivity contribution in [2.24, 2.45) is 20.0 Å². The fourth-order valence-electron chi connectivity index (χ4n) is 3.32. The lowest BCUT2D eigenvalue weighted by atomic mass is 9.93. The van der Waals surface area contributed by atoms with Gasteiger partial charge in [0.15, 0.2) is 5.65 Å². The van der Waals surface area contributed by atoms with Crippen LogP contribution in [0, 0.1) is 5.92 Å². The summed E-state index contributed by atoms with van der Waals surface area (Å²) < 4.78 is 9.81. The first-order valence-electron chi connectivity index (χ1n) is 8.19. The van der Waals surface area contributed by atoms with E-state index in [1.54, 1.807) is 17.2 Å². The number of hydrogen-bond donors (Lipinski definition) is 1. The number of anilines is 1. The minimum absolute atomic E-state index is 0.0116. The van der Waals surface area contributed by atoms with Crippen LogP contribution in [-0.2, 0) is 18.8 Å². The van der Waals surface area contributed by atoms with Crippen LogP contribution in [0.5, 0.6) is 0 Å². The Balaban J connectivity index is 1.54. The Hall–Kier alpha value is -2.48. The number of rotatable bonds is 4. The van der Waals surface area contributed by atoms with Crippen molar-refractivity contribution in [2.75, 3.05) is 18.5 Å². The molecule has 1 N–H and O–H groups in total. The largest absolute Gasteiger partial charge is 0.370 e. The number of fused-ring (bicyclic) bond motifs is 1. The summed E-state index contributed by atoms with van der Waals surface area (Å²) in [4.78, 5) is 13.1. The van der Waals surface area contributed by atoms with Crippen LogP contribution < -0.4 is 5.32 Å². The highest BCUT2D eigenvalue weighted by atomic mass is 16.5. The molecule has 3 aromatic rings. The Morgan fingerprint density at radius 2 is 2.21 bits per heavy atom. The summed E-state index contributed by atoms with van der Waals surface area (Å²) in [6.45, 7) is 1.56. The van der Waals surface area contributed by atoms with Crippen LogP contribution in [0.4, 0.5) is 5.82 Å². The molecular weight excluding hydrogens is 306 g/mol. The summed E-state index contributed by atoms with van der Waals surface area (Å²) >= 11 is 0. The Morgan fingerprint density at radius 3 is 3.04 bits per heavy atom. The molecule has 2 atom stereocenters. The first kappa shape index (κ1) is 15.1. The molecule has 0 spiro atoms. The molecule has 0 radical (unpaired) electrons. The van der Waals surface area contributed by atoms with E-state index in [-0.39, 0.29) is 6.10 Å². The highest BCUT2D eigenvalue weighted by Gasteiger charge is 2.30. The van der Waals surface area contributed by atoms with Crippen molar-refractivity contribution in [1.29, 1.82) is 0 Å². The van der Waals surface area contributed by atoms with E-state index in [2.05, 4.69) is 25.4 Å². The molecule has 0 amide bonds. The quantitative estimate of drug-likeness (QED) is 0.785. The van der Waals surface area contributed by atoms with Crippen LogP contribution in [0.1, 0.15) is 24.8 Å². The second-order valence-corrected chi connectivity index (χ2v) is 6.20. The summed E-state index contributed by atoms with van der Waals surface area (Å²) in [5.74, 6) is 2.15. The van der Waals surface area contributed by atoms with E-state index in [9.17, 15) is 0 Å². The van der Waals surface area contributed by atoms with E-state index in [1.165, 1.54) is 0 Å². The van der Waals surface area contributed by atoms with Gasteiger partial charge in [-0.05, 0) is 12.8 Å². The van der Waals surface area contributed by atoms with E-state index < -0.39 is 0 Å². The van der Waals surface area contributed by atoms with Gasteiger partial charge in [-0.3, -0.25) is 4.68 Å². The van der Waals surface area contributed by atoms with Crippen molar-refractivity contribution in [3.8, 4) is 0 Å². The van der Waals surface area contributed by atoms with Gasteiger partial charge in [0.2, 0.25) is 0 Å². The lowest BCUT2D eigenvalue weighted by Crippen LogP contribution is -2.30. The van der Waals surface area contributed by atoms with Gasteiger partial charge in [0.1, 0.15) is 24.1 Å². The number of aryl methyl sites for hydroxylation is 2. The maximum Gasteiger partial charge on any atom is 0.163 e. The minimum atomic E-state index is 0.0116. The smallest absolute Gasteiger partial charge is 0.163 e. The number of nitrogens with one attached hydrogen (secondary N) is 1. The highest BCUT2D eigenvalue weighted by molar-refractivity contribution is 5.85. The standard InChI is InChI=1S/C16H21N7O/c1-22-6-5-17-16(22)13-11(4-3-7-24-13)8-18-14-12-9-21-23(2)15(12)20-10-19-14/h5-6,9-11,13H,3-4,7-8H2,1-2H3,(H,18,19,20)/t11-,13+/m0/s1. The molecule has 4 rings (SSSR count). The molecule has 0 aromatic carbocycles. The molecule has 126 valence electrons. The van der Waals surface area contributed by atoms with Crippen LogP contribution in [0.15, 0.2) is 24.9 Å². The molecule has 1 saturated heterocycles. The molecular formula is C16H21N7O. The maximum atomic E-state index is 6.02. The Labute approximate surface area is 139 Å². The first-order valence-corrected chi connectivity index (χ1v) is 8.19. The van der Waals surface area contributed by atoms with Crippen LogP contribution in [0.3, 0.4) is 0 Å². The average Bonchev–Trinajstić information content (AvgIpc) is 3.20. The third kappa shape index (κ3) is 2.62. The van der Waals surface area contributed by atoms with Gasteiger partial charge in [0.25, 0.3) is 0 Å². The second kappa shape index (κ2) is 6.20. The molecule has 1 aliphatic heterocycles. The lowest BCUT2D eigenvalue weighted by molar-refractivity contribution is -0.0305. The molecule has 1 aliphatic rings. The van der Waals surface area contributed by atoms with Crippen LogP contribution in [0.2, 0.25) is 0 Å². The van der Waals surface area contributed by atoms with E-state index in [4.69, 9.17) is 4.74 Å². The van der Waals surface area contributed by atoms with Crippen LogP contribution in [-0.4, -0.2) is 42.5 Å². The topological polar surface area (TPSA) is 82.7 Å². The Morgan fingerprint density at radius 1 is 1.29 bits per heavy atom. The van der Waals surface area contributed by atoms with Gasteiger partial charge in [-0.2, -0.15) is 5.10 Å². The molecule has 0 saturated carbocycles. The number of ether oxygens (including phenoxy) is 1. The van der Waals surface area contributed by atoms with Gasteiger partial charge in [-0.15, -0.1) is 0 Å². The van der Waals surface area contributed by atoms with Crippen molar-refractivity contribution in [3.05, 3.63) is 30.7 Å². The van der Waals surface area contributed by atoms with Crippen LogP contribution >= 0.6 is 0 Å². The zero-order chi connectivity index (χ0) is 16.5. The van der Waals surface area contributed by atoms with Gasteiger partial charge in [-0.1, -0.05) is 0 Å². The summed E-state index contributed by atoms with van der Waals surface area (Å²) in [5.41, 5.74) is 0.827. The highest BCUT2D eigenvalue weighted by Crippen LogP contribution is 2.33. The number of hydrogen-bond acceptors (Lipinski definition) is 6. The molecule has 24 heavy (non-hydrogen) atoms. The third-order valence-corrected chi connectivity index (χ3v) is 4.62. The predicted molar refractivity (Wildman–Crippen MR) is 89.4 cm³/mol. The lowest BCUT2D eigenvalue weighted by Gasteiger charge is -2.31. The van der Waals surface area contributed by atoms with Crippen molar-refractivity contribution in [1.82, 2.24) is 29.3 Å². The molecule has 8 nitrogen and oxygen atoms in total. The van der Waals surface area contributed by atoms with E-state index >= 15 is 0 Å². The predicted octanol–water partition coefficient (Wildman–Crippen LogP) is 1.68. The Kier molecular flexibility index (Phi) is 3.89. The normalized spacial score (nSPS) is 21.2. The molecule has 0 unspecified atom stereocenters. The maximum absolute atomic E-state index is 6.02. The fraction of sp³-hybridized carbons (Fsp3) is 0.500. The molecule has 8 heteroatoms. The van der Waals surface area contributed by atoms with Crippen molar-refractivity contribution in [3.63, 3.8) is 0 Å². The van der Waals surface area contributed by atoms with Gasteiger partial charge in [0, 0.05) is 45.6 Å². The number of aromatic nitrogens is 6. The van der Waals surface area contributed by atoms with Crippen LogP contribution in [0.25, 0.3) is 11.0 Å². The molecule has 4 heterocycles. The van der Waals surface area contributed by atoms with Gasteiger partial charge < -0.3 is 14.6 Å². The van der Waals surface area contributed by atoms with Gasteiger partial charge in [-0.25, -0.2) is 15.0 Å². The van der Waals surface area contributed by atoms with Crippen molar-refractivity contribution < 1.29 is 4.74 Å². The summed E-state index contributed by atoms with van der Waals surface area (Å²) in [6.07, 6.45) is 9.33. The second-order valence-electron chi connectivity index (χ2n) is 6.20. The summed E-state index contributed by atoms with van der Waals surface area (Å²) in [6, 6.07) is 0.